The number of aromatic hydroxyl groups is 1. The van der Waals surface area contributed by atoms with Gasteiger partial charge < -0.3 is 20.6 Å². The number of hydrogen-bond acceptors (Lipinski definition) is 4. The molecule has 7 heteroatoms. The van der Waals surface area contributed by atoms with Crippen LogP contribution in [-0.4, -0.2) is 36.6 Å². The number of hydrogen-bond donors (Lipinski definition) is 3. The van der Waals surface area contributed by atoms with Crippen LogP contribution in [-0.2, 0) is 17.6 Å². The van der Waals surface area contributed by atoms with E-state index in [-0.39, 0.29) is 11.8 Å². The molecule has 0 bridgehead atoms. The molecule has 3 N–H and O–H groups in total. The van der Waals surface area contributed by atoms with E-state index in [4.69, 9.17) is 11.6 Å². The Hall–Kier alpha value is -3.35. The van der Waals surface area contributed by atoms with Crippen LogP contribution in [0, 0.1) is 0 Å². The largest absolute Gasteiger partial charge is 0.508 e. The smallest absolute Gasteiger partial charge is 0.255 e. The number of phenolic OH excluding ortho intramolecular Hbond substituents is 1. The van der Waals surface area contributed by atoms with Crippen molar-refractivity contribution in [2.75, 3.05) is 29.9 Å². The predicted molar refractivity (Wildman–Crippen MR) is 159 cm³/mol. The first-order chi connectivity index (χ1) is 18.9. The van der Waals surface area contributed by atoms with E-state index in [1.807, 2.05) is 30.3 Å². The number of phenols is 1. The zero-order valence-electron chi connectivity index (χ0n) is 22.8. The van der Waals surface area contributed by atoms with Crippen molar-refractivity contribution in [1.82, 2.24) is 5.32 Å². The molecule has 1 saturated heterocycles. The highest BCUT2D eigenvalue weighted by Crippen LogP contribution is 2.34. The van der Waals surface area contributed by atoms with Crippen LogP contribution in [0.4, 0.5) is 11.4 Å². The third kappa shape index (κ3) is 7.61. The first-order valence-electron chi connectivity index (χ1n) is 13.9. The Bertz CT molecular complexity index is 1270. The molecule has 0 aliphatic carbocycles. The number of benzene rings is 3. The molecular weight excluding hydrogens is 510 g/mol. The summed E-state index contributed by atoms with van der Waals surface area (Å²) in [6.45, 7) is 6.30. The van der Waals surface area contributed by atoms with Gasteiger partial charge in [-0.1, -0.05) is 24.6 Å². The minimum Gasteiger partial charge on any atom is -0.508 e. The molecule has 1 aliphatic rings. The number of carbonyl (C=O) groups is 2. The van der Waals surface area contributed by atoms with Crippen LogP contribution in [0.3, 0.4) is 0 Å². The third-order valence-electron chi connectivity index (χ3n) is 7.50. The Morgan fingerprint density at radius 1 is 1.00 bits per heavy atom. The number of nitrogens with one attached hydrogen (secondary N) is 2. The Morgan fingerprint density at radius 2 is 1.69 bits per heavy atom. The normalized spacial score (nSPS) is 13.7. The maximum Gasteiger partial charge on any atom is 0.255 e. The number of piperidine rings is 1. The Kier molecular flexibility index (Phi) is 10.0. The molecule has 1 fully saturated rings. The summed E-state index contributed by atoms with van der Waals surface area (Å²) >= 11 is 5.91. The molecule has 4 rings (SSSR count). The molecule has 206 valence electrons. The van der Waals surface area contributed by atoms with Crippen molar-refractivity contribution in [2.45, 2.75) is 58.3 Å². The average molecular weight is 548 g/mol. The van der Waals surface area contributed by atoms with Crippen LogP contribution in [0.25, 0.3) is 0 Å². The Balaban J connectivity index is 1.36. The standard InChI is InChI=1S/C32H38ClN3O3/c1-3-23-20-26(30(21-31(23)38)24-15-17-34-18-16-24)6-4-5-19-36(22(2)37)29-13-11-28(12-14-29)35-32(39)25-7-9-27(33)10-8-25/h7-14,20-21,24,34,38H,3-6,15-19H2,1-2H3,(H,35,39). The minimum absolute atomic E-state index is 0.0127. The number of amides is 2. The molecule has 0 spiro atoms. The number of rotatable bonds is 10. The van der Waals surface area contributed by atoms with Crippen molar-refractivity contribution in [1.29, 1.82) is 0 Å². The molecular formula is C32H38ClN3O3. The van der Waals surface area contributed by atoms with E-state index < -0.39 is 0 Å². The summed E-state index contributed by atoms with van der Waals surface area (Å²) < 4.78 is 0. The average Bonchev–Trinajstić information content (AvgIpc) is 2.94. The topological polar surface area (TPSA) is 81.7 Å². The van der Waals surface area contributed by atoms with Gasteiger partial charge in [0.1, 0.15) is 5.75 Å². The summed E-state index contributed by atoms with van der Waals surface area (Å²) in [6.07, 6.45) is 5.72. The van der Waals surface area contributed by atoms with Crippen molar-refractivity contribution in [3.05, 3.63) is 87.9 Å². The highest BCUT2D eigenvalue weighted by molar-refractivity contribution is 6.30. The van der Waals surface area contributed by atoms with E-state index >= 15 is 0 Å². The van der Waals surface area contributed by atoms with Crippen molar-refractivity contribution in [3.63, 3.8) is 0 Å². The van der Waals surface area contributed by atoms with Crippen LogP contribution in [0.2, 0.25) is 5.02 Å². The highest BCUT2D eigenvalue weighted by atomic mass is 35.5. The monoisotopic (exact) mass is 547 g/mol. The van der Waals surface area contributed by atoms with Crippen LogP contribution in [0.15, 0.2) is 60.7 Å². The molecule has 6 nitrogen and oxygen atoms in total. The molecule has 2 amide bonds. The lowest BCUT2D eigenvalue weighted by atomic mass is 9.84. The third-order valence-corrected chi connectivity index (χ3v) is 7.75. The first kappa shape index (κ1) is 28.7. The Labute approximate surface area is 236 Å². The van der Waals surface area contributed by atoms with Crippen molar-refractivity contribution in [2.24, 2.45) is 0 Å². The van der Waals surface area contributed by atoms with Gasteiger partial charge in [0.05, 0.1) is 0 Å². The molecule has 1 aliphatic heterocycles. The quantitative estimate of drug-likeness (QED) is 0.247. The number of nitrogens with zero attached hydrogens (tertiary/aromatic N) is 1. The summed E-state index contributed by atoms with van der Waals surface area (Å²) in [5.41, 5.74) is 5.60. The van der Waals surface area contributed by atoms with Crippen molar-refractivity contribution < 1.29 is 14.7 Å². The minimum atomic E-state index is -0.216. The van der Waals surface area contributed by atoms with E-state index in [0.29, 0.717) is 34.5 Å². The lowest BCUT2D eigenvalue weighted by molar-refractivity contribution is -0.116. The zero-order chi connectivity index (χ0) is 27.8. The van der Waals surface area contributed by atoms with Gasteiger partial charge in [0.15, 0.2) is 0 Å². The zero-order valence-corrected chi connectivity index (χ0v) is 23.6. The molecule has 0 unspecified atom stereocenters. The van der Waals surface area contributed by atoms with Gasteiger partial charge in [-0.25, -0.2) is 0 Å². The summed E-state index contributed by atoms with van der Waals surface area (Å²) in [7, 11) is 0. The van der Waals surface area contributed by atoms with Crippen LogP contribution >= 0.6 is 11.6 Å². The molecule has 3 aromatic rings. The second-order valence-corrected chi connectivity index (χ2v) is 10.6. The van der Waals surface area contributed by atoms with Gasteiger partial charge in [-0.2, -0.15) is 0 Å². The lowest BCUT2D eigenvalue weighted by Crippen LogP contribution is -2.29. The highest BCUT2D eigenvalue weighted by Gasteiger charge is 2.20. The summed E-state index contributed by atoms with van der Waals surface area (Å²) in [5, 5.41) is 17.4. The molecule has 0 atom stereocenters. The van der Waals surface area contributed by atoms with Gasteiger partial charge in [0.25, 0.3) is 5.91 Å². The number of anilines is 2. The van der Waals surface area contributed by atoms with Crippen LogP contribution in [0.1, 0.15) is 72.5 Å². The van der Waals surface area contributed by atoms with Crippen LogP contribution in [0.5, 0.6) is 5.75 Å². The SMILES string of the molecule is CCc1cc(CCCCN(C(C)=O)c2ccc(NC(=O)c3ccc(Cl)cc3)cc2)c(C2CCNCC2)cc1O. The van der Waals surface area contributed by atoms with E-state index in [9.17, 15) is 14.7 Å². The Morgan fingerprint density at radius 3 is 2.33 bits per heavy atom. The van der Waals surface area contributed by atoms with E-state index in [0.717, 1.165) is 62.9 Å². The number of unbranched alkanes of at least 4 members (excludes halogenated alkanes) is 1. The van der Waals surface area contributed by atoms with Crippen LogP contribution < -0.4 is 15.5 Å². The second kappa shape index (κ2) is 13.6. The van der Waals surface area contributed by atoms with Gasteiger partial charge in [0.2, 0.25) is 5.91 Å². The fourth-order valence-electron chi connectivity index (χ4n) is 5.30. The van der Waals surface area contributed by atoms with E-state index in [1.165, 1.54) is 11.1 Å². The molecule has 1 heterocycles. The number of carbonyl (C=O) groups excluding carboxylic acids is 2. The predicted octanol–water partition coefficient (Wildman–Crippen LogP) is 6.70. The maximum absolute atomic E-state index is 12.5. The number of aryl methyl sites for hydroxylation is 2. The molecule has 0 radical (unpaired) electrons. The molecule has 0 aromatic heterocycles. The summed E-state index contributed by atoms with van der Waals surface area (Å²) in [6, 6.07) is 18.3. The van der Waals surface area contributed by atoms with Gasteiger partial charge in [-0.15, -0.1) is 0 Å². The van der Waals surface area contributed by atoms with Crippen molar-refractivity contribution >= 4 is 34.8 Å². The second-order valence-electron chi connectivity index (χ2n) is 10.2. The summed E-state index contributed by atoms with van der Waals surface area (Å²) in [5.74, 6) is 0.657. The number of halogens is 1. The molecule has 0 saturated carbocycles. The van der Waals surface area contributed by atoms with Crippen molar-refractivity contribution in [3.8, 4) is 5.75 Å². The van der Waals surface area contributed by atoms with Gasteiger partial charge >= 0.3 is 0 Å². The first-order valence-corrected chi connectivity index (χ1v) is 14.2. The van der Waals surface area contributed by atoms with E-state index in [2.05, 4.69) is 23.6 Å². The molecule has 3 aromatic carbocycles. The van der Waals surface area contributed by atoms with E-state index in [1.54, 1.807) is 36.1 Å². The fraction of sp³-hybridized carbons (Fsp3) is 0.375. The fourth-order valence-corrected chi connectivity index (χ4v) is 5.42. The van der Waals surface area contributed by atoms with Gasteiger partial charge in [-0.05, 0) is 129 Å². The lowest BCUT2D eigenvalue weighted by Gasteiger charge is -2.26. The maximum atomic E-state index is 12.5. The summed E-state index contributed by atoms with van der Waals surface area (Å²) in [4.78, 5) is 26.8. The molecule has 39 heavy (non-hydrogen) atoms. The van der Waals surface area contributed by atoms with Gasteiger partial charge in [-0.3, -0.25) is 9.59 Å². The van der Waals surface area contributed by atoms with Gasteiger partial charge in [0, 0.05) is 35.4 Å².